The first kappa shape index (κ1) is 23.6. The zero-order valence-corrected chi connectivity index (χ0v) is 21.1. The van der Waals surface area contributed by atoms with Crippen molar-refractivity contribution in [2.24, 2.45) is 5.92 Å². The zero-order valence-electron chi connectivity index (χ0n) is 19.6. The lowest BCUT2D eigenvalue weighted by molar-refractivity contribution is -0.141. The van der Waals surface area contributed by atoms with Crippen LogP contribution in [0, 0.1) is 5.92 Å². The summed E-state index contributed by atoms with van der Waals surface area (Å²) in [6.07, 6.45) is 2.77. The van der Waals surface area contributed by atoms with E-state index in [1.807, 2.05) is 30.3 Å². The van der Waals surface area contributed by atoms with Crippen LogP contribution >= 0.6 is 15.9 Å². The van der Waals surface area contributed by atoms with E-state index < -0.39 is 5.97 Å². The minimum absolute atomic E-state index is 0.133. The van der Waals surface area contributed by atoms with E-state index in [1.165, 1.54) is 5.56 Å². The highest BCUT2D eigenvalue weighted by Gasteiger charge is 2.47. The lowest BCUT2D eigenvalue weighted by Crippen LogP contribution is -2.55. The number of hydrogen-bond acceptors (Lipinski definition) is 5. The molecular weight excluding hydrogens is 482 g/mol. The Bertz CT molecular complexity index is 1090. The third-order valence-electron chi connectivity index (χ3n) is 6.95. The van der Waals surface area contributed by atoms with Crippen molar-refractivity contribution in [3.05, 3.63) is 75.4 Å². The highest BCUT2D eigenvalue weighted by atomic mass is 79.9. The van der Waals surface area contributed by atoms with Crippen molar-refractivity contribution in [1.82, 2.24) is 4.90 Å². The Hall–Kier alpha value is -2.60. The van der Waals surface area contributed by atoms with Gasteiger partial charge in [0.15, 0.2) is 5.78 Å². The van der Waals surface area contributed by atoms with Crippen LogP contribution in [0.3, 0.4) is 0 Å². The van der Waals surface area contributed by atoms with E-state index in [9.17, 15) is 9.59 Å². The van der Waals surface area contributed by atoms with Crippen LogP contribution in [0.5, 0.6) is 5.75 Å². The first-order chi connectivity index (χ1) is 15.7. The minimum Gasteiger partial charge on any atom is -0.488 e. The van der Waals surface area contributed by atoms with Gasteiger partial charge in [-0.05, 0) is 70.9 Å². The number of nitrogens with zero attached hydrogens (tertiary/aromatic N) is 1. The Morgan fingerprint density at radius 1 is 1.24 bits per heavy atom. The molecule has 0 aliphatic carbocycles. The van der Waals surface area contributed by atoms with Crippen LogP contribution < -0.4 is 4.74 Å². The molecule has 0 fully saturated rings. The standard InChI is InChI=1S/C27H30BrNO4/c1-5-32-26(31)21-15-29-23(13-24(21)30)20-12-22(28)25(33-16-18-9-7-6-8-10-18)11-19(20)14-27(29,4)17(2)3/h6-12,15,17,23H,5,13-14,16H2,1-4H3. The largest absolute Gasteiger partial charge is 0.488 e. The van der Waals surface area contributed by atoms with E-state index in [0.29, 0.717) is 12.5 Å². The summed E-state index contributed by atoms with van der Waals surface area (Å²) < 4.78 is 12.2. The van der Waals surface area contributed by atoms with E-state index >= 15 is 0 Å². The van der Waals surface area contributed by atoms with Gasteiger partial charge in [-0.25, -0.2) is 4.79 Å². The number of rotatable bonds is 6. The Balaban J connectivity index is 1.71. The molecule has 0 saturated carbocycles. The fourth-order valence-corrected chi connectivity index (χ4v) is 5.20. The molecule has 0 bridgehead atoms. The van der Waals surface area contributed by atoms with Crippen LogP contribution in [0.15, 0.2) is 58.7 Å². The average molecular weight is 512 g/mol. The van der Waals surface area contributed by atoms with Gasteiger partial charge >= 0.3 is 5.97 Å². The molecule has 0 aromatic heterocycles. The van der Waals surface area contributed by atoms with Crippen molar-refractivity contribution in [3.63, 3.8) is 0 Å². The predicted octanol–water partition coefficient (Wildman–Crippen LogP) is 5.76. The molecule has 6 heteroatoms. The van der Waals surface area contributed by atoms with E-state index in [2.05, 4.69) is 53.7 Å². The van der Waals surface area contributed by atoms with Crippen molar-refractivity contribution in [3.8, 4) is 5.75 Å². The number of carbonyl (C=O) groups excluding carboxylic acids is 2. The van der Waals surface area contributed by atoms with Crippen LogP contribution in [0.2, 0.25) is 0 Å². The summed E-state index contributed by atoms with van der Waals surface area (Å²) in [6, 6.07) is 14.1. The monoisotopic (exact) mass is 511 g/mol. The fraction of sp³-hybridized carbons (Fsp3) is 0.407. The van der Waals surface area contributed by atoms with Crippen molar-refractivity contribution in [1.29, 1.82) is 0 Å². The average Bonchev–Trinajstić information content (AvgIpc) is 2.79. The molecule has 2 aromatic carbocycles. The number of ketones is 1. The van der Waals surface area contributed by atoms with Gasteiger partial charge in [0.05, 0.1) is 17.1 Å². The lowest BCUT2D eigenvalue weighted by atomic mass is 9.72. The summed E-state index contributed by atoms with van der Waals surface area (Å²) in [5.41, 5.74) is 3.26. The van der Waals surface area contributed by atoms with Gasteiger partial charge < -0.3 is 14.4 Å². The van der Waals surface area contributed by atoms with Gasteiger partial charge in [0.25, 0.3) is 0 Å². The van der Waals surface area contributed by atoms with E-state index in [4.69, 9.17) is 9.47 Å². The number of ether oxygens (including phenoxy) is 2. The number of benzene rings is 2. The second-order valence-corrected chi connectivity index (χ2v) is 10.1. The maximum atomic E-state index is 12.9. The second-order valence-electron chi connectivity index (χ2n) is 9.26. The second kappa shape index (κ2) is 9.34. The lowest BCUT2D eigenvalue weighted by Gasteiger charge is -2.54. The van der Waals surface area contributed by atoms with E-state index in [1.54, 1.807) is 13.1 Å². The number of Topliss-reactive ketones (excluding diaryl/α,β-unsaturated/α-hetero) is 1. The molecule has 0 radical (unpaired) electrons. The smallest absolute Gasteiger partial charge is 0.343 e. The van der Waals surface area contributed by atoms with Gasteiger partial charge in [-0.1, -0.05) is 44.2 Å². The molecule has 2 atom stereocenters. The van der Waals surface area contributed by atoms with Crippen LogP contribution in [0.25, 0.3) is 0 Å². The SMILES string of the molecule is CCOC(=O)C1=CN2C(CC1=O)c1cc(Br)c(OCc3ccccc3)cc1CC2(C)C(C)C. The molecule has 0 amide bonds. The molecule has 174 valence electrons. The Morgan fingerprint density at radius 2 is 1.97 bits per heavy atom. The van der Waals surface area contributed by atoms with Crippen LogP contribution in [0.1, 0.15) is 56.8 Å². The van der Waals surface area contributed by atoms with Gasteiger partial charge in [0.2, 0.25) is 0 Å². The molecule has 33 heavy (non-hydrogen) atoms. The maximum Gasteiger partial charge on any atom is 0.343 e. The van der Waals surface area contributed by atoms with Gasteiger partial charge in [-0.15, -0.1) is 0 Å². The number of fused-ring (bicyclic) bond motifs is 3. The third kappa shape index (κ3) is 4.45. The fourth-order valence-electron chi connectivity index (χ4n) is 4.72. The molecular formula is C27H30BrNO4. The Labute approximate surface area is 203 Å². The molecule has 2 aromatic rings. The summed E-state index contributed by atoms with van der Waals surface area (Å²) in [4.78, 5) is 27.6. The Kier molecular flexibility index (Phi) is 6.66. The maximum absolute atomic E-state index is 12.9. The number of carbonyl (C=O) groups is 2. The van der Waals surface area contributed by atoms with Gasteiger partial charge in [0, 0.05) is 18.2 Å². The first-order valence-electron chi connectivity index (χ1n) is 11.4. The highest BCUT2D eigenvalue weighted by molar-refractivity contribution is 9.10. The van der Waals surface area contributed by atoms with Crippen molar-refractivity contribution < 1.29 is 19.1 Å². The molecule has 2 heterocycles. The molecule has 5 nitrogen and oxygen atoms in total. The molecule has 0 spiro atoms. The van der Waals surface area contributed by atoms with Crippen LogP contribution in [0.4, 0.5) is 0 Å². The van der Waals surface area contributed by atoms with Gasteiger partial charge in [-0.2, -0.15) is 0 Å². The number of halogens is 1. The summed E-state index contributed by atoms with van der Waals surface area (Å²) in [5.74, 6) is 0.373. The molecule has 2 unspecified atom stereocenters. The highest BCUT2D eigenvalue weighted by Crippen LogP contribution is 2.48. The van der Waals surface area contributed by atoms with Crippen LogP contribution in [-0.2, 0) is 27.4 Å². The van der Waals surface area contributed by atoms with Crippen LogP contribution in [-0.4, -0.2) is 28.8 Å². The van der Waals surface area contributed by atoms with Gasteiger partial charge in [-0.3, -0.25) is 4.79 Å². The molecule has 0 saturated heterocycles. The van der Waals surface area contributed by atoms with Gasteiger partial charge in [0.1, 0.15) is 17.9 Å². The van der Waals surface area contributed by atoms with E-state index in [0.717, 1.165) is 27.8 Å². The molecule has 0 N–H and O–H groups in total. The topological polar surface area (TPSA) is 55.8 Å². The normalized spacial score (nSPS) is 21.9. The first-order valence-corrected chi connectivity index (χ1v) is 12.2. The summed E-state index contributed by atoms with van der Waals surface area (Å²) in [7, 11) is 0. The summed E-state index contributed by atoms with van der Waals surface area (Å²) >= 11 is 3.68. The van der Waals surface area contributed by atoms with Crippen molar-refractivity contribution in [2.45, 2.75) is 58.7 Å². The quantitative estimate of drug-likeness (QED) is 0.364. The number of esters is 1. The van der Waals surface area contributed by atoms with Crippen molar-refractivity contribution in [2.75, 3.05) is 6.61 Å². The van der Waals surface area contributed by atoms with Crippen molar-refractivity contribution >= 4 is 27.7 Å². The van der Waals surface area contributed by atoms with E-state index in [-0.39, 0.29) is 36.0 Å². The Morgan fingerprint density at radius 3 is 2.64 bits per heavy atom. The molecule has 2 aliphatic rings. The third-order valence-corrected chi connectivity index (χ3v) is 7.57. The molecule has 2 aliphatic heterocycles. The molecule has 4 rings (SSSR count). The summed E-state index contributed by atoms with van der Waals surface area (Å²) in [5, 5.41) is 0. The minimum atomic E-state index is -0.538. The summed E-state index contributed by atoms with van der Waals surface area (Å²) in [6.45, 7) is 9.05. The predicted molar refractivity (Wildman–Crippen MR) is 131 cm³/mol. The zero-order chi connectivity index (χ0) is 23.8. The number of hydrogen-bond donors (Lipinski definition) is 0.